The summed E-state index contributed by atoms with van der Waals surface area (Å²) >= 11 is 11.1. The standard InChI is InChI=1S/C15H18ClFN4S/c1-11-14(16)10-20-21(11)8-2-7-18-15(22)19-9-12-3-5-13(17)6-4-12/h3-6,10H,2,7-9H2,1H3,(H2,18,19,22). The lowest BCUT2D eigenvalue weighted by atomic mass is 10.2. The van der Waals surface area contributed by atoms with Crippen molar-refractivity contribution in [3.05, 3.63) is 52.6 Å². The fraction of sp³-hybridized carbons (Fsp3) is 0.333. The van der Waals surface area contributed by atoms with E-state index < -0.39 is 0 Å². The van der Waals surface area contributed by atoms with Crippen molar-refractivity contribution >= 4 is 28.9 Å². The predicted octanol–water partition coefficient (Wildman–Crippen LogP) is 3.04. The van der Waals surface area contributed by atoms with Crippen LogP contribution in [0.2, 0.25) is 5.02 Å². The van der Waals surface area contributed by atoms with Crippen molar-refractivity contribution in [3.63, 3.8) is 0 Å². The highest BCUT2D eigenvalue weighted by Gasteiger charge is 2.03. The van der Waals surface area contributed by atoms with Crippen molar-refractivity contribution in [3.8, 4) is 0 Å². The van der Waals surface area contributed by atoms with Crippen LogP contribution in [0.25, 0.3) is 0 Å². The van der Waals surface area contributed by atoms with E-state index in [4.69, 9.17) is 23.8 Å². The highest BCUT2D eigenvalue weighted by atomic mass is 35.5. The van der Waals surface area contributed by atoms with Gasteiger partial charge in [-0.15, -0.1) is 0 Å². The third kappa shape index (κ3) is 4.96. The number of halogens is 2. The molecule has 4 nitrogen and oxygen atoms in total. The maximum atomic E-state index is 12.8. The summed E-state index contributed by atoms with van der Waals surface area (Å²) in [6, 6.07) is 6.33. The number of hydrogen-bond donors (Lipinski definition) is 2. The Bertz CT molecular complexity index is 627. The molecule has 0 saturated carbocycles. The zero-order valence-electron chi connectivity index (χ0n) is 12.3. The fourth-order valence-electron chi connectivity index (χ4n) is 1.93. The Hall–Kier alpha value is -1.66. The molecule has 118 valence electrons. The Labute approximate surface area is 139 Å². The van der Waals surface area contributed by atoms with Crippen molar-refractivity contribution in [2.45, 2.75) is 26.4 Å². The molecule has 0 atom stereocenters. The second-order valence-electron chi connectivity index (χ2n) is 4.89. The molecule has 0 fully saturated rings. The summed E-state index contributed by atoms with van der Waals surface area (Å²) in [4.78, 5) is 0. The van der Waals surface area contributed by atoms with E-state index in [2.05, 4.69) is 15.7 Å². The molecule has 0 bridgehead atoms. The largest absolute Gasteiger partial charge is 0.363 e. The quantitative estimate of drug-likeness (QED) is 0.626. The zero-order chi connectivity index (χ0) is 15.9. The van der Waals surface area contributed by atoms with E-state index in [0.29, 0.717) is 16.7 Å². The normalized spacial score (nSPS) is 10.5. The van der Waals surface area contributed by atoms with Crippen molar-refractivity contribution in [1.29, 1.82) is 0 Å². The van der Waals surface area contributed by atoms with Crippen LogP contribution in [0.4, 0.5) is 4.39 Å². The minimum Gasteiger partial charge on any atom is -0.363 e. The van der Waals surface area contributed by atoms with E-state index in [-0.39, 0.29) is 5.82 Å². The SMILES string of the molecule is Cc1c(Cl)cnn1CCCNC(=S)NCc1ccc(F)cc1. The van der Waals surface area contributed by atoms with Crippen LogP contribution in [0.15, 0.2) is 30.5 Å². The molecule has 0 unspecified atom stereocenters. The van der Waals surface area contributed by atoms with Gasteiger partial charge in [-0.25, -0.2) is 4.39 Å². The predicted molar refractivity (Wildman–Crippen MR) is 90.4 cm³/mol. The zero-order valence-corrected chi connectivity index (χ0v) is 13.8. The van der Waals surface area contributed by atoms with Crippen LogP contribution in [-0.4, -0.2) is 21.4 Å². The number of nitrogens with one attached hydrogen (secondary N) is 2. The third-order valence-corrected chi connectivity index (χ3v) is 3.90. The van der Waals surface area contributed by atoms with E-state index in [1.807, 2.05) is 11.6 Å². The Kier molecular flexibility index (Phi) is 6.15. The molecule has 7 heteroatoms. The molecular weight excluding hydrogens is 323 g/mol. The smallest absolute Gasteiger partial charge is 0.166 e. The lowest BCUT2D eigenvalue weighted by Gasteiger charge is -2.11. The first-order valence-electron chi connectivity index (χ1n) is 7.00. The first-order valence-corrected chi connectivity index (χ1v) is 7.79. The lowest BCUT2D eigenvalue weighted by molar-refractivity contribution is 0.559. The lowest BCUT2D eigenvalue weighted by Crippen LogP contribution is -2.35. The summed E-state index contributed by atoms with van der Waals surface area (Å²) in [5.74, 6) is -0.238. The van der Waals surface area contributed by atoms with Crippen LogP contribution in [0, 0.1) is 12.7 Å². The van der Waals surface area contributed by atoms with Gasteiger partial charge in [0.1, 0.15) is 5.82 Å². The molecule has 1 heterocycles. The number of hydrogen-bond acceptors (Lipinski definition) is 2. The molecule has 0 spiro atoms. The van der Waals surface area contributed by atoms with Crippen LogP contribution in [0.1, 0.15) is 17.7 Å². The maximum absolute atomic E-state index is 12.8. The van der Waals surface area contributed by atoms with Gasteiger partial charge in [0.25, 0.3) is 0 Å². The number of thiocarbonyl (C=S) groups is 1. The summed E-state index contributed by atoms with van der Waals surface area (Å²) in [7, 11) is 0. The second kappa shape index (κ2) is 8.10. The summed E-state index contributed by atoms with van der Waals surface area (Å²) in [5, 5.41) is 11.7. The van der Waals surface area contributed by atoms with E-state index in [9.17, 15) is 4.39 Å². The molecular formula is C15H18ClFN4S. The summed E-state index contributed by atoms with van der Waals surface area (Å²) < 4.78 is 14.7. The highest BCUT2D eigenvalue weighted by molar-refractivity contribution is 7.80. The molecule has 1 aromatic heterocycles. The molecule has 0 aliphatic heterocycles. The second-order valence-corrected chi connectivity index (χ2v) is 5.71. The Morgan fingerprint density at radius 2 is 2.05 bits per heavy atom. The van der Waals surface area contributed by atoms with Crippen molar-refractivity contribution < 1.29 is 4.39 Å². The van der Waals surface area contributed by atoms with Gasteiger partial charge in [0.05, 0.1) is 16.9 Å². The van der Waals surface area contributed by atoms with Gasteiger partial charge in [-0.2, -0.15) is 5.10 Å². The molecule has 0 amide bonds. The molecule has 0 aliphatic rings. The third-order valence-electron chi connectivity index (χ3n) is 3.24. The summed E-state index contributed by atoms with van der Waals surface area (Å²) in [6.07, 6.45) is 2.54. The topological polar surface area (TPSA) is 41.9 Å². The molecule has 2 aromatic rings. The first kappa shape index (κ1) is 16.7. The van der Waals surface area contributed by atoms with E-state index >= 15 is 0 Å². The maximum Gasteiger partial charge on any atom is 0.166 e. The number of benzene rings is 1. The Balaban J connectivity index is 1.63. The van der Waals surface area contributed by atoms with Crippen molar-refractivity contribution in [1.82, 2.24) is 20.4 Å². The van der Waals surface area contributed by atoms with E-state index in [0.717, 1.165) is 30.8 Å². The van der Waals surface area contributed by atoms with E-state index in [1.54, 1.807) is 18.3 Å². The van der Waals surface area contributed by atoms with Crippen LogP contribution in [-0.2, 0) is 13.1 Å². The molecule has 0 radical (unpaired) electrons. The van der Waals surface area contributed by atoms with Crippen molar-refractivity contribution in [2.24, 2.45) is 0 Å². The van der Waals surface area contributed by atoms with Gasteiger partial charge < -0.3 is 10.6 Å². The summed E-state index contributed by atoms with van der Waals surface area (Å²) in [5.41, 5.74) is 1.95. The number of aryl methyl sites for hydroxylation is 1. The number of nitrogens with zero attached hydrogens (tertiary/aromatic N) is 2. The van der Waals surface area contributed by atoms with Gasteiger partial charge in [-0.3, -0.25) is 4.68 Å². The van der Waals surface area contributed by atoms with Gasteiger partial charge in [0, 0.05) is 19.6 Å². The molecule has 0 saturated heterocycles. The molecule has 22 heavy (non-hydrogen) atoms. The Morgan fingerprint density at radius 1 is 1.32 bits per heavy atom. The highest BCUT2D eigenvalue weighted by Crippen LogP contribution is 2.13. The van der Waals surface area contributed by atoms with Gasteiger partial charge in [-0.05, 0) is 43.3 Å². The summed E-state index contributed by atoms with van der Waals surface area (Å²) in [6.45, 7) is 4.04. The van der Waals surface area contributed by atoms with Crippen LogP contribution in [0.5, 0.6) is 0 Å². The van der Waals surface area contributed by atoms with E-state index in [1.165, 1.54) is 12.1 Å². The Morgan fingerprint density at radius 3 is 2.68 bits per heavy atom. The average Bonchev–Trinajstić information content (AvgIpc) is 2.83. The molecule has 2 N–H and O–H groups in total. The monoisotopic (exact) mass is 340 g/mol. The minimum atomic E-state index is -0.238. The molecule has 0 aliphatic carbocycles. The van der Waals surface area contributed by atoms with Crippen LogP contribution in [0.3, 0.4) is 0 Å². The molecule has 1 aromatic carbocycles. The van der Waals surface area contributed by atoms with Gasteiger partial charge in [0.15, 0.2) is 5.11 Å². The van der Waals surface area contributed by atoms with Gasteiger partial charge >= 0.3 is 0 Å². The minimum absolute atomic E-state index is 0.238. The first-order chi connectivity index (χ1) is 10.6. The number of rotatable bonds is 6. The number of aromatic nitrogens is 2. The average molecular weight is 341 g/mol. The van der Waals surface area contributed by atoms with Crippen molar-refractivity contribution in [2.75, 3.05) is 6.54 Å². The van der Waals surface area contributed by atoms with Gasteiger partial charge in [0.2, 0.25) is 0 Å². The van der Waals surface area contributed by atoms with Crippen LogP contribution < -0.4 is 10.6 Å². The van der Waals surface area contributed by atoms with Gasteiger partial charge in [-0.1, -0.05) is 23.7 Å². The molecule has 2 rings (SSSR count). The fourth-order valence-corrected chi connectivity index (χ4v) is 2.24. The van der Waals surface area contributed by atoms with Crippen LogP contribution >= 0.6 is 23.8 Å².